The van der Waals surface area contributed by atoms with Crippen LogP contribution in [-0.2, 0) is 13.5 Å². The molecule has 2 aromatic rings. The molecule has 0 saturated carbocycles. The van der Waals surface area contributed by atoms with E-state index in [9.17, 15) is 0 Å². The highest BCUT2D eigenvalue weighted by Gasteiger charge is 2.07. The summed E-state index contributed by atoms with van der Waals surface area (Å²) in [4.78, 5) is 4.50. The van der Waals surface area contributed by atoms with Gasteiger partial charge in [-0.1, -0.05) is 0 Å². The quantitative estimate of drug-likeness (QED) is 0.749. The molecule has 1 heterocycles. The third-order valence-corrected chi connectivity index (χ3v) is 2.69. The van der Waals surface area contributed by atoms with Gasteiger partial charge in [0.15, 0.2) is 0 Å². The third kappa shape index (κ3) is 1.79. The van der Waals surface area contributed by atoms with Gasteiger partial charge in [-0.2, -0.15) is 0 Å². The van der Waals surface area contributed by atoms with Gasteiger partial charge in [-0.25, -0.2) is 4.98 Å². The lowest BCUT2D eigenvalue weighted by Gasteiger charge is -2.01. The van der Waals surface area contributed by atoms with E-state index in [-0.39, 0.29) is 0 Å². The molecule has 1 aromatic carbocycles. The fraction of sp³-hybridized carbons (Fsp3) is 0.364. The SMILES string of the molecule is COc1ccc2nc(CCCl)n(C)c2c1. The van der Waals surface area contributed by atoms with E-state index in [1.54, 1.807) is 7.11 Å². The van der Waals surface area contributed by atoms with Gasteiger partial charge in [0.05, 0.1) is 18.1 Å². The number of methoxy groups -OCH3 is 1. The molecule has 0 fully saturated rings. The lowest BCUT2D eigenvalue weighted by Crippen LogP contribution is -1.98. The lowest BCUT2D eigenvalue weighted by molar-refractivity contribution is 0.415. The molecule has 0 amide bonds. The molecule has 3 nitrogen and oxygen atoms in total. The maximum Gasteiger partial charge on any atom is 0.121 e. The second kappa shape index (κ2) is 4.11. The third-order valence-electron chi connectivity index (χ3n) is 2.50. The van der Waals surface area contributed by atoms with E-state index in [0.29, 0.717) is 5.88 Å². The van der Waals surface area contributed by atoms with Crippen LogP contribution in [0, 0.1) is 0 Å². The fourth-order valence-corrected chi connectivity index (χ4v) is 1.82. The standard InChI is InChI=1S/C11H13ClN2O/c1-14-10-7-8(15-2)3-4-9(10)13-11(14)5-6-12/h3-4,7H,5-6H2,1-2H3. The number of rotatable bonds is 3. The maximum absolute atomic E-state index is 5.72. The molecule has 0 atom stereocenters. The van der Waals surface area contributed by atoms with Crippen LogP contribution < -0.4 is 4.74 Å². The number of fused-ring (bicyclic) bond motifs is 1. The van der Waals surface area contributed by atoms with Gasteiger partial charge in [0, 0.05) is 25.4 Å². The van der Waals surface area contributed by atoms with E-state index < -0.39 is 0 Å². The number of ether oxygens (including phenoxy) is 1. The van der Waals surface area contributed by atoms with Crippen molar-refractivity contribution in [2.24, 2.45) is 7.05 Å². The van der Waals surface area contributed by atoms with E-state index >= 15 is 0 Å². The molecule has 0 N–H and O–H groups in total. The summed E-state index contributed by atoms with van der Waals surface area (Å²) < 4.78 is 7.24. The Labute approximate surface area is 93.6 Å². The number of imidazole rings is 1. The molecular formula is C11H13ClN2O. The van der Waals surface area contributed by atoms with Crippen LogP contribution >= 0.6 is 11.6 Å². The van der Waals surface area contributed by atoms with Gasteiger partial charge < -0.3 is 9.30 Å². The Morgan fingerprint density at radius 1 is 1.47 bits per heavy atom. The summed E-state index contributed by atoms with van der Waals surface area (Å²) in [6.45, 7) is 0. The molecule has 0 aliphatic carbocycles. The van der Waals surface area contributed by atoms with Crippen LogP contribution in [-0.4, -0.2) is 22.5 Å². The summed E-state index contributed by atoms with van der Waals surface area (Å²) in [7, 11) is 3.66. The first-order valence-electron chi connectivity index (χ1n) is 4.81. The molecule has 1 aromatic heterocycles. The zero-order valence-electron chi connectivity index (χ0n) is 8.83. The minimum atomic E-state index is 0.592. The molecule has 0 aliphatic rings. The zero-order chi connectivity index (χ0) is 10.8. The molecule has 0 radical (unpaired) electrons. The molecule has 15 heavy (non-hydrogen) atoms. The smallest absolute Gasteiger partial charge is 0.121 e. The zero-order valence-corrected chi connectivity index (χ0v) is 9.58. The average Bonchev–Trinajstić information content (AvgIpc) is 2.56. The van der Waals surface area contributed by atoms with Crippen LogP contribution in [0.1, 0.15) is 5.82 Å². The second-order valence-corrected chi connectivity index (χ2v) is 3.76. The first-order chi connectivity index (χ1) is 7.26. The minimum absolute atomic E-state index is 0.592. The first-order valence-corrected chi connectivity index (χ1v) is 5.35. The van der Waals surface area contributed by atoms with E-state index in [2.05, 4.69) is 9.55 Å². The first kappa shape index (κ1) is 10.3. The van der Waals surface area contributed by atoms with Gasteiger partial charge in [-0.3, -0.25) is 0 Å². The molecule has 2 rings (SSSR count). The Morgan fingerprint density at radius 3 is 2.93 bits per heavy atom. The molecule has 4 heteroatoms. The fourth-order valence-electron chi connectivity index (χ4n) is 1.65. The van der Waals surface area contributed by atoms with Crippen molar-refractivity contribution in [1.29, 1.82) is 0 Å². The summed E-state index contributed by atoms with van der Waals surface area (Å²) in [5.74, 6) is 2.45. The summed E-state index contributed by atoms with van der Waals surface area (Å²) >= 11 is 5.72. The van der Waals surface area contributed by atoms with E-state index in [1.165, 1.54) is 0 Å². The van der Waals surface area contributed by atoms with Gasteiger partial charge in [-0.15, -0.1) is 11.6 Å². The maximum atomic E-state index is 5.72. The van der Waals surface area contributed by atoms with Crippen molar-refractivity contribution in [3.8, 4) is 5.75 Å². The molecule has 0 spiro atoms. The molecule has 0 unspecified atom stereocenters. The van der Waals surface area contributed by atoms with Crippen molar-refractivity contribution >= 4 is 22.6 Å². The normalized spacial score (nSPS) is 10.9. The Hall–Kier alpha value is -1.22. The number of aromatic nitrogens is 2. The Bertz CT molecular complexity index is 479. The largest absolute Gasteiger partial charge is 0.497 e. The van der Waals surface area contributed by atoms with Crippen molar-refractivity contribution < 1.29 is 4.74 Å². The lowest BCUT2D eigenvalue weighted by atomic mass is 10.3. The summed E-state index contributed by atoms with van der Waals surface area (Å²) in [6.07, 6.45) is 0.787. The number of halogens is 1. The average molecular weight is 225 g/mol. The van der Waals surface area contributed by atoms with Gasteiger partial charge >= 0.3 is 0 Å². The molecule has 0 bridgehead atoms. The van der Waals surface area contributed by atoms with Crippen LogP contribution in [0.4, 0.5) is 0 Å². The highest BCUT2D eigenvalue weighted by atomic mass is 35.5. The van der Waals surface area contributed by atoms with Crippen LogP contribution in [0.15, 0.2) is 18.2 Å². The summed E-state index contributed by atoms with van der Waals surface area (Å²) in [6, 6.07) is 5.87. The van der Waals surface area contributed by atoms with E-state index in [1.807, 2.05) is 25.2 Å². The number of alkyl halides is 1. The van der Waals surface area contributed by atoms with E-state index in [0.717, 1.165) is 29.0 Å². The van der Waals surface area contributed by atoms with Crippen LogP contribution in [0.5, 0.6) is 5.75 Å². The van der Waals surface area contributed by atoms with Crippen molar-refractivity contribution in [3.63, 3.8) is 0 Å². The monoisotopic (exact) mass is 224 g/mol. The van der Waals surface area contributed by atoms with Crippen LogP contribution in [0.2, 0.25) is 0 Å². The molecule has 80 valence electrons. The highest BCUT2D eigenvalue weighted by Crippen LogP contribution is 2.21. The van der Waals surface area contributed by atoms with Crippen LogP contribution in [0.3, 0.4) is 0 Å². The summed E-state index contributed by atoms with van der Waals surface area (Å²) in [5, 5.41) is 0. The highest BCUT2D eigenvalue weighted by molar-refractivity contribution is 6.17. The molecule has 0 saturated heterocycles. The van der Waals surface area contributed by atoms with Crippen molar-refractivity contribution in [1.82, 2.24) is 9.55 Å². The molecular weight excluding hydrogens is 212 g/mol. The second-order valence-electron chi connectivity index (χ2n) is 3.38. The predicted molar refractivity (Wildman–Crippen MR) is 61.7 cm³/mol. The van der Waals surface area contributed by atoms with Gasteiger partial charge in [-0.05, 0) is 12.1 Å². The number of benzene rings is 1. The van der Waals surface area contributed by atoms with E-state index in [4.69, 9.17) is 16.3 Å². The topological polar surface area (TPSA) is 27.1 Å². The predicted octanol–water partition coefficient (Wildman–Crippen LogP) is 2.36. The molecule has 0 aliphatic heterocycles. The number of nitrogens with zero attached hydrogens (tertiary/aromatic N) is 2. The summed E-state index contributed by atoms with van der Waals surface area (Å²) in [5.41, 5.74) is 2.06. The van der Waals surface area contributed by atoms with Crippen LogP contribution in [0.25, 0.3) is 11.0 Å². The van der Waals surface area contributed by atoms with Gasteiger partial charge in [0.1, 0.15) is 11.6 Å². The Balaban J connectivity index is 2.56. The van der Waals surface area contributed by atoms with Gasteiger partial charge in [0.2, 0.25) is 0 Å². The van der Waals surface area contributed by atoms with Crippen molar-refractivity contribution in [3.05, 3.63) is 24.0 Å². The minimum Gasteiger partial charge on any atom is -0.497 e. The van der Waals surface area contributed by atoms with Crippen molar-refractivity contribution in [2.45, 2.75) is 6.42 Å². The Kier molecular flexibility index (Phi) is 2.82. The number of hydrogen-bond donors (Lipinski definition) is 0. The Morgan fingerprint density at radius 2 is 2.27 bits per heavy atom. The van der Waals surface area contributed by atoms with Crippen molar-refractivity contribution in [2.75, 3.05) is 13.0 Å². The van der Waals surface area contributed by atoms with Gasteiger partial charge in [0.25, 0.3) is 0 Å². The number of aryl methyl sites for hydroxylation is 2. The number of hydrogen-bond acceptors (Lipinski definition) is 2.